The number of aromatic nitrogens is 2. The lowest BCUT2D eigenvalue weighted by atomic mass is 9.82. The average molecular weight is 294 g/mol. The topological polar surface area (TPSA) is 96.3 Å². The van der Waals surface area contributed by atoms with Gasteiger partial charge in [-0.05, 0) is 19.3 Å². The van der Waals surface area contributed by atoms with Crippen molar-refractivity contribution in [3.8, 4) is 0 Å². The lowest BCUT2D eigenvalue weighted by molar-refractivity contribution is -0.145. The average Bonchev–Trinajstić information content (AvgIpc) is 2.79. The molecule has 1 saturated carbocycles. The number of carbonyl (C=O) groups excluding carboxylic acids is 1. The number of hydrogen-bond acceptors (Lipinski definition) is 3. The second-order valence-corrected chi connectivity index (χ2v) is 5.54. The van der Waals surface area contributed by atoms with Crippen LogP contribution >= 0.6 is 0 Å². The maximum Gasteiger partial charge on any atom is 0.329 e. The first-order valence-electron chi connectivity index (χ1n) is 7.32. The van der Waals surface area contributed by atoms with Gasteiger partial charge in [-0.15, -0.1) is 0 Å². The van der Waals surface area contributed by atoms with Crippen LogP contribution in [0.1, 0.15) is 44.7 Å². The third-order valence-electron chi connectivity index (χ3n) is 3.96. The fraction of sp³-hybridized carbons (Fsp3) is 0.643. The van der Waals surface area contributed by atoms with Crippen LogP contribution in [0.15, 0.2) is 6.20 Å². The Labute approximate surface area is 123 Å². The molecular formula is C14H22N4O3. The van der Waals surface area contributed by atoms with Crippen LogP contribution < -0.4 is 10.6 Å². The predicted octanol–water partition coefficient (Wildman–Crippen LogP) is 1.89. The second-order valence-electron chi connectivity index (χ2n) is 5.54. The van der Waals surface area contributed by atoms with Crippen LogP contribution in [0.5, 0.6) is 0 Å². The van der Waals surface area contributed by atoms with Gasteiger partial charge in [0, 0.05) is 13.2 Å². The van der Waals surface area contributed by atoms with Crippen LogP contribution in [0.4, 0.5) is 10.5 Å². The van der Waals surface area contributed by atoms with E-state index in [1.807, 2.05) is 6.92 Å². The van der Waals surface area contributed by atoms with Gasteiger partial charge in [-0.3, -0.25) is 4.68 Å². The van der Waals surface area contributed by atoms with Gasteiger partial charge in [-0.25, -0.2) is 9.59 Å². The van der Waals surface area contributed by atoms with Crippen molar-refractivity contribution in [2.45, 2.75) is 51.0 Å². The zero-order valence-corrected chi connectivity index (χ0v) is 12.5. The summed E-state index contributed by atoms with van der Waals surface area (Å²) in [6.45, 7) is 1.95. The highest BCUT2D eigenvalue weighted by Gasteiger charge is 2.41. The molecule has 1 heterocycles. The van der Waals surface area contributed by atoms with Crippen LogP contribution in [0, 0.1) is 0 Å². The molecule has 1 aromatic heterocycles. The van der Waals surface area contributed by atoms with Crippen LogP contribution in [0.3, 0.4) is 0 Å². The van der Waals surface area contributed by atoms with Gasteiger partial charge in [-0.1, -0.05) is 26.2 Å². The van der Waals surface area contributed by atoms with Crippen molar-refractivity contribution in [3.63, 3.8) is 0 Å². The molecule has 21 heavy (non-hydrogen) atoms. The van der Waals surface area contributed by atoms with Gasteiger partial charge >= 0.3 is 12.0 Å². The summed E-state index contributed by atoms with van der Waals surface area (Å²) in [4.78, 5) is 23.7. The monoisotopic (exact) mass is 294 g/mol. The molecular weight excluding hydrogens is 272 g/mol. The van der Waals surface area contributed by atoms with E-state index in [4.69, 9.17) is 0 Å². The minimum absolute atomic E-state index is 0.476. The molecule has 0 spiro atoms. The second kappa shape index (κ2) is 6.15. The summed E-state index contributed by atoms with van der Waals surface area (Å²) in [5.74, 6) is -0.959. The molecule has 1 fully saturated rings. The zero-order chi connectivity index (χ0) is 15.5. The highest BCUT2D eigenvalue weighted by atomic mass is 16.4. The van der Waals surface area contributed by atoms with E-state index in [1.165, 1.54) is 0 Å². The zero-order valence-electron chi connectivity index (χ0n) is 12.5. The Balaban J connectivity index is 2.07. The van der Waals surface area contributed by atoms with E-state index in [9.17, 15) is 14.7 Å². The van der Waals surface area contributed by atoms with Crippen molar-refractivity contribution in [2.75, 3.05) is 5.32 Å². The summed E-state index contributed by atoms with van der Waals surface area (Å²) in [6, 6.07) is -0.484. The van der Waals surface area contributed by atoms with E-state index < -0.39 is 17.5 Å². The predicted molar refractivity (Wildman–Crippen MR) is 78.2 cm³/mol. The van der Waals surface area contributed by atoms with E-state index in [0.717, 1.165) is 25.0 Å². The molecule has 0 atom stereocenters. The largest absolute Gasteiger partial charge is 0.480 e. The highest BCUT2D eigenvalue weighted by Crippen LogP contribution is 2.28. The number of aryl methyl sites for hydroxylation is 2. The van der Waals surface area contributed by atoms with Gasteiger partial charge in [0.1, 0.15) is 5.54 Å². The van der Waals surface area contributed by atoms with Gasteiger partial charge in [0.15, 0.2) is 0 Å². The number of aliphatic carboxylic acids is 1. The first-order valence-corrected chi connectivity index (χ1v) is 7.32. The Morgan fingerprint density at radius 1 is 1.38 bits per heavy atom. The summed E-state index contributed by atoms with van der Waals surface area (Å²) >= 11 is 0. The summed E-state index contributed by atoms with van der Waals surface area (Å²) in [6.07, 6.45) is 6.01. The van der Waals surface area contributed by atoms with Crippen molar-refractivity contribution < 1.29 is 14.7 Å². The van der Waals surface area contributed by atoms with Crippen LogP contribution in [0.25, 0.3) is 0 Å². The molecule has 7 heteroatoms. The van der Waals surface area contributed by atoms with Crippen molar-refractivity contribution in [1.29, 1.82) is 0 Å². The van der Waals surface area contributed by atoms with Gasteiger partial charge in [0.2, 0.25) is 0 Å². The molecule has 1 aliphatic carbocycles. The van der Waals surface area contributed by atoms with Crippen molar-refractivity contribution in [2.24, 2.45) is 7.05 Å². The first kappa shape index (κ1) is 15.3. The Bertz CT molecular complexity index is 532. The molecule has 3 N–H and O–H groups in total. The fourth-order valence-electron chi connectivity index (χ4n) is 2.82. The third-order valence-corrected chi connectivity index (χ3v) is 3.96. The maximum absolute atomic E-state index is 12.1. The summed E-state index contributed by atoms with van der Waals surface area (Å²) in [5, 5.41) is 19.1. The van der Waals surface area contributed by atoms with Crippen LogP contribution in [0.2, 0.25) is 0 Å². The van der Waals surface area contributed by atoms with Gasteiger partial charge in [0.05, 0.1) is 11.4 Å². The minimum Gasteiger partial charge on any atom is -0.480 e. The molecule has 2 rings (SSSR count). The first-order chi connectivity index (χ1) is 9.97. The number of nitrogens with zero attached hydrogens (tertiary/aromatic N) is 2. The van der Waals surface area contributed by atoms with Crippen molar-refractivity contribution in [1.82, 2.24) is 15.1 Å². The van der Waals surface area contributed by atoms with Gasteiger partial charge in [-0.2, -0.15) is 5.10 Å². The number of carbonyl (C=O) groups is 2. The molecule has 0 aromatic carbocycles. The Kier molecular flexibility index (Phi) is 4.50. The van der Waals surface area contributed by atoms with E-state index in [0.29, 0.717) is 24.9 Å². The SMILES string of the molecule is CCc1nn(C)cc1NC(=O)NC1(C(=O)O)CCCCC1. The summed E-state index contributed by atoms with van der Waals surface area (Å²) in [5.41, 5.74) is 0.256. The molecule has 1 aromatic rings. The molecule has 2 amide bonds. The molecule has 0 unspecified atom stereocenters. The number of amides is 2. The van der Waals surface area contributed by atoms with E-state index in [-0.39, 0.29) is 0 Å². The Hall–Kier alpha value is -2.05. The summed E-state index contributed by atoms with van der Waals surface area (Å²) < 4.78 is 1.63. The van der Waals surface area contributed by atoms with Crippen LogP contribution in [-0.4, -0.2) is 32.4 Å². The molecule has 116 valence electrons. The molecule has 0 saturated heterocycles. The number of rotatable bonds is 4. The van der Waals surface area contributed by atoms with Gasteiger partial charge < -0.3 is 15.7 Å². The molecule has 1 aliphatic rings. The molecule has 0 radical (unpaired) electrons. The maximum atomic E-state index is 12.1. The number of hydrogen-bond donors (Lipinski definition) is 3. The normalized spacial score (nSPS) is 17.2. The molecule has 7 nitrogen and oxygen atoms in total. The summed E-state index contributed by atoms with van der Waals surface area (Å²) in [7, 11) is 1.78. The lowest BCUT2D eigenvalue weighted by Crippen LogP contribution is -2.56. The van der Waals surface area contributed by atoms with Crippen molar-refractivity contribution >= 4 is 17.7 Å². The fourth-order valence-corrected chi connectivity index (χ4v) is 2.82. The van der Waals surface area contributed by atoms with Crippen LogP contribution in [-0.2, 0) is 18.3 Å². The molecule has 0 aliphatic heterocycles. The highest BCUT2D eigenvalue weighted by molar-refractivity contribution is 5.94. The number of anilines is 1. The number of carboxylic acid groups (broad SMARTS) is 1. The Morgan fingerprint density at radius 2 is 2.05 bits per heavy atom. The van der Waals surface area contributed by atoms with E-state index >= 15 is 0 Å². The lowest BCUT2D eigenvalue weighted by Gasteiger charge is -2.33. The third kappa shape index (κ3) is 3.34. The number of nitrogens with one attached hydrogen (secondary N) is 2. The number of carboxylic acids is 1. The van der Waals surface area contributed by atoms with Gasteiger partial charge in [0.25, 0.3) is 0 Å². The standard InChI is InChI=1S/C14H22N4O3/c1-3-10-11(9-18(2)17-10)15-13(21)16-14(12(19)20)7-5-4-6-8-14/h9H,3-8H2,1-2H3,(H,19,20)(H2,15,16,21). The smallest absolute Gasteiger partial charge is 0.329 e. The van der Waals surface area contributed by atoms with E-state index in [2.05, 4.69) is 15.7 Å². The quantitative estimate of drug-likeness (QED) is 0.790. The minimum atomic E-state index is -1.14. The number of urea groups is 1. The van der Waals surface area contributed by atoms with E-state index in [1.54, 1.807) is 17.9 Å². The Morgan fingerprint density at radius 3 is 2.62 bits per heavy atom. The van der Waals surface area contributed by atoms with Crippen molar-refractivity contribution in [3.05, 3.63) is 11.9 Å². The molecule has 0 bridgehead atoms.